The summed E-state index contributed by atoms with van der Waals surface area (Å²) in [6.07, 6.45) is 0.678. The maximum Gasteiger partial charge on any atom is 0.408 e. The number of nitrogens with two attached hydrogens (primary N) is 1. The van der Waals surface area contributed by atoms with E-state index in [9.17, 15) is 24.3 Å². The minimum Gasteiger partial charge on any atom is -0.508 e. The molecule has 0 fully saturated rings. The molecule has 5 N–H and O–H groups in total. The number of nitrogens with one attached hydrogen (secondary N) is 2. The molecule has 10 heteroatoms. The number of phenols is 1. The molecule has 10 nitrogen and oxygen atoms in total. The zero-order valence-electron chi connectivity index (χ0n) is 22.5. The van der Waals surface area contributed by atoms with Gasteiger partial charge in [0.1, 0.15) is 23.4 Å². The Labute approximate surface area is 213 Å². The molecule has 2 atom stereocenters. The van der Waals surface area contributed by atoms with Gasteiger partial charge in [-0.15, -0.1) is 0 Å². The fourth-order valence-electron chi connectivity index (χ4n) is 3.56. The molecule has 0 aliphatic heterocycles. The molecule has 202 valence electrons. The lowest BCUT2D eigenvalue weighted by molar-refractivity contribution is -0.150. The van der Waals surface area contributed by atoms with Crippen molar-refractivity contribution in [3.8, 4) is 5.75 Å². The Morgan fingerprint density at radius 3 is 2.25 bits per heavy atom. The molecule has 0 radical (unpaired) electrons. The number of benzene rings is 1. The fraction of sp³-hybridized carbons (Fsp3) is 0.615. The first kappa shape index (κ1) is 30.7. The van der Waals surface area contributed by atoms with Gasteiger partial charge in [-0.2, -0.15) is 0 Å². The van der Waals surface area contributed by atoms with Crippen LogP contribution >= 0.6 is 0 Å². The second-order valence-corrected chi connectivity index (χ2v) is 10.4. The third-order valence-corrected chi connectivity index (χ3v) is 5.67. The minimum absolute atomic E-state index is 0.0684. The summed E-state index contributed by atoms with van der Waals surface area (Å²) in [5, 5.41) is 15.4. The van der Waals surface area contributed by atoms with Gasteiger partial charge in [-0.1, -0.05) is 32.4 Å². The first-order chi connectivity index (χ1) is 16.6. The molecule has 0 aliphatic rings. The molecule has 0 bridgehead atoms. The Hall–Kier alpha value is -3.30. The molecule has 0 saturated heterocycles. The highest BCUT2D eigenvalue weighted by molar-refractivity contribution is 5.95. The average Bonchev–Trinajstić information content (AvgIpc) is 2.74. The fourth-order valence-corrected chi connectivity index (χ4v) is 3.56. The number of carbonyl (C=O) groups is 4. The van der Waals surface area contributed by atoms with Gasteiger partial charge < -0.3 is 31.1 Å². The Morgan fingerprint density at radius 1 is 1.11 bits per heavy atom. The molecule has 1 rings (SSSR count). The van der Waals surface area contributed by atoms with E-state index in [4.69, 9.17) is 10.5 Å². The number of hydrogen-bond donors (Lipinski definition) is 4. The molecule has 1 aromatic rings. The largest absolute Gasteiger partial charge is 0.508 e. The van der Waals surface area contributed by atoms with Crippen LogP contribution in [0.5, 0.6) is 5.75 Å². The van der Waals surface area contributed by atoms with Gasteiger partial charge in [0.25, 0.3) is 0 Å². The molecule has 36 heavy (non-hydrogen) atoms. The highest BCUT2D eigenvalue weighted by atomic mass is 16.6. The highest BCUT2D eigenvalue weighted by Gasteiger charge is 2.43. The van der Waals surface area contributed by atoms with Crippen molar-refractivity contribution in [2.24, 2.45) is 5.73 Å². The van der Waals surface area contributed by atoms with E-state index in [2.05, 4.69) is 10.6 Å². The van der Waals surface area contributed by atoms with E-state index in [1.807, 2.05) is 13.8 Å². The number of unbranched alkanes of at least 4 members (excludes halogenated alkanes) is 1. The Balaban J connectivity index is 3.60. The molecule has 0 saturated carbocycles. The summed E-state index contributed by atoms with van der Waals surface area (Å²) in [6, 6.07) is 3.59. The quantitative estimate of drug-likeness (QED) is 0.320. The van der Waals surface area contributed by atoms with Gasteiger partial charge in [-0.3, -0.25) is 14.4 Å². The van der Waals surface area contributed by atoms with Gasteiger partial charge >= 0.3 is 6.09 Å². The second-order valence-electron chi connectivity index (χ2n) is 10.4. The van der Waals surface area contributed by atoms with E-state index >= 15 is 0 Å². The van der Waals surface area contributed by atoms with Crippen molar-refractivity contribution < 1.29 is 29.0 Å². The lowest BCUT2D eigenvalue weighted by Crippen LogP contribution is -2.60. The number of ether oxygens (including phenoxy) is 1. The van der Waals surface area contributed by atoms with Gasteiger partial charge in [-0.05, 0) is 65.2 Å². The summed E-state index contributed by atoms with van der Waals surface area (Å²) >= 11 is 0. The van der Waals surface area contributed by atoms with Crippen molar-refractivity contribution >= 4 is 23.8 Å². The van der Waals surface area contributed by atoms with Gasteiger partial charge in [0.05, 0.1) is 6.42 Å². The molecule has 0 heterocycles. The Kier molecular flexibility index (Phi) is 11.2. The summed E-state index contributed by atoms with van der Waals surface area (Å²) in [6.45, 7) is 12.8. The topological polar surface area (TPSA) is 151 Å². The van der Waals surface area contributed by atoms with E-state index in [0.29, 0.717) is 18.5 Å². The van der Waals surface area contributed by atoms with Crippen LogP contribution in [-0.2, 0) is 19.1 Å². The molecule has 4 amide bonds. The highest BCUT2D eigenvalue weighted by Crippen LogP contribution is 2.33. The van der Waals surface area contributed by atoms with E-state index in [-0.39, 0.29) is 5.75 Å². The summed E-state index contributed by atoms with van der Waals surface area (Å²) in [7, 11) is 0. The third-order valence-electron chi connectivity index (χ3n) is 5.67. The van der Waals surface area contributed by atoms with Gasteiger partial charge in [0, 0.05) is 12.1 Å². The molecule has 0 spiro atoms. The standard InChI is InChI=1S/C26H42N4O6/c1-8-10-14-28-22(33)21(17-12-11-13-18(31)15-17)30(26(6,7)9-2)23(34)19(16-20(27)32)29-24(35)36-25(3,4)5/h11-13,15,19,21,31H,8-10,14,16H2,1-7H3,(H2,27,32)(H,28,33)(H,29,35). The van der Waals surface area contributed by atoms with Crippen LogP contribution in [0.1, 0.15) is 85.8 Å². The third kappa shape index (κ3) is 9.39. The molecule has 2 unspecified atom stereocenters. The van der Waals surface area contributed by atoms with Crippen LogP contribution in [0.3, 0.4) is 0 Å². The SMILES string of the molecule is CCCCNC(=O)C(c1cccc(O)c1)N(C(=O)C(CC(N)=O)NC(=O)OC(C)(C)C)C(C)(C)CC. The van der Waals surface area contributed by atoms with Crippen LogP contribution in [0.2, 0.25) is 0 Å². The molecule has 1 aromatic carbocycles. The Morgan fingerprint density at radius 2 is 1.75 bits per heavy atom. The lowest BCUT2D eigenvalue weighted by Gasteiger charge is -2.44. The molecule has 0 aliphatic carbocycles. The molecule has 0 aromatic heterocycles. The van der Waals surface area contributed by atoms with Crippen LogP contribution in [-0.4, -0.2) is 57.5 Å². The van der Waals surface area contributed by atoms with Crippen LogP contribution < -0.4 is 16.4 Å². The van der Waals surface area contributed by atoms with Gasteiger partial charge in [0.2, 0.25) is 17.7 Å². The van der Waals surface area contributed by atoms with Crippen LogP contribution in [0.25, 0.3) is 0 Å². The number of aromatic hydroxyl groups is 1. The smallest absolute Gasteiger partial charge is 0.408 e. The number of hydrogen-bond acceptors (Lipinski definition) is 6. The summed E-state index contributed by atoms with van der Waals surface area (Å²) in [5.41, 5.74) is 4.07. The second kappa shape index (κ2) is 13.1. The molecular weight excluding hydrogens is 464 g/mol. The number of phenolic OH excluding ortho intramolecular Hbond substituents is 1. The van der Waals surface area contributed by atoms with Crippen molar-refractivity contribution in [1.29, 1.82) is 0 Å². The average molecular weight is 507 g/mol. The number of primary amides is 1. The minimum atomic E-state index is -1.37. The lowest BCUT2D eigenvalue weighted by atomic mass is 9.91. The number of rotatable bonds is 12. The maximum atomic E-state index is 14.0. The zero-order chi connectivity index (χ0) is 27.7. The van der Waals surface area contributed by atoms with E-state index in [0.717, 1.165) is 12.8 Å². The predicted molar refractivity (Wildman–Crippen MR) is 137 cm³/mol. The summed E-state index contributed by atoms with van der Waals surface area (Å²) in [4.78, 5) is 53.3. The maximum absolute atomic E-state index is 14.0. The van der Waals surface area contributed by atoms with Crippen LogP contribution in [0, 0.1) is 0 Å². The number of carbonyl (C=O) groups excluding carboxylic acids is 4. The van der Waals surface area contributed by atoms with Crippen molar-refractivity contribution in [1.82, 2.24) is 15.5 Å². The van der Waals surface area contributed by atoms with Crippen LogP contribution in [0.4, 0.5) is 4.79 Å². The van der Waals surface area contributed by atoms with Gasteiger partial charge in [-0.25, -0.2) is 4.79 Å². The number of nitrogens with zero attached hydrogens (tertiary/aromatic N) is 1. The van der Waals surface area contributed by atoms with E-state index < -0.39 is 53.5 Å². The number of amides is 4. The van der Waals surface area contributed by atoms with Crippen molar-refractivity contribution in [3.63, 3.8) is 0 Å². The van der Waals surface area contributed by atoms with E-state index in [1.165, 1.54) is 17.0 Å². The van der Waals surface area contributed by atoms with Crippen molar-refractivity contribution in [2.75, 3.05) is 6.54 Å². The van der Waals surface area contributed by atoms with Crippen molar-refractivity contribution in [2.45, 2.75) is 97.4 Å². The number of alkyl carbamates (subject to hydrolysis) is 1. The van der Waals surface area contributed by atoms with Crippen molar-refractivity contribution in [3.05, 3.63) is 29.8 Å². The van der Waals surface area contributed by atoms with Crippen LogP contribution in [0.15, 0.2) is 24.3 Å². The Bertz CT molecular complexity index is 925. The normalized spacial score (nSPS) is 13.3. The predicted octanol–water partition coefficient (Wildman–Crippen LogP) is 3.14. The molecular formula is C26H42N4O6. The van der Waals surface area contributed by atoms with Gasteiger partial charge in [0.15, 0.2) is 0 Å². The zero-order valence-corrected chi connectivity index (χ0v) is 22.5. The summed E-state index contributed by atoms with van der Waals surface area (Å²) in [5.74, 6) is -1.99. The van der Waals surface area contributed by atoms with E-state index in [1.54, 1.807) is 46.8 Å². The first-order valence-corrected chi connectivity index (χ1v) is 12.3. The summed E-state index contributed by atoms with van der Waals surface area (Å²) < 4.78 is 5.28. The monoisotopic (exact) mass is 506 g/mol. The first-order valence-electron chi connectivity index (χ1n) is 12.3.